The number of nitrogens with two attached hydrogens (primary N) is 1. The fourth-order valence-corrected chi connectivity index (χ4v) is 6.56. The minimum Gasteiger partial charge on any atom is -0.354 e. The second-order valence-electron chi connectivity index (χ2n) is 13.2. The summed E-state index contributed by atoms with van der Waals surface area (Å²) < 4.78 is 0. The summed E-state index contributed by atoms with van der Waals surface area (Å²) in [5, 5.41) is 5.03. The van der Waals surface area contributed by atoms with Gasteiger partial charge in [0, 0.05) is 50.0 Å². The van der Waals surface area contributed by atoms with Gasteiger partial charge in [-0.1, -0.05) is 96.6 Å². The van der Waals surface area contributed by atoms with Gasteiger partial charge in [0.15, 0.2) is 0 Å². The van der Waals surface area contributed by atoms with Gasteiger partial charge in [-0.2, -0.15) is 0 Å². The molecule has 7 nitrogen and oxygen atoms in total. The van der Waals surface area contributed by atoms with Crippen LogP contribution >= 0.6 is 11.3 Å². The van der Waals surface area contributed by atoms with Crippen LogP contribution in [0, 0.1) is 0 Å². The normalized spacial score (nSPS) is 13.0. The number of hydrogen-bond donors (Lipinski definition) is 2. The number of thiophene rings is 1. The van der Waals surface area contributed by atoms with Crippen LogP contribution in [0.1, 0.15) is 43.2 Å². The molecule has 252 valence electrons. The lowest BCUT2D eigenvalue weighted by Gasteiger charge is -2.34. The zero-order chi connectivity index (χ0) is 34.7. The Morgan fingerprint density at radius 3 is 2.02 bits per heavy atom. The molecule has 0 fully saturated rings. The van der Waals surface area contributed by atoms with Crippen LogP contribution in [0.25, 0.3) is 11.1 Å². The Labute approximate surface area is 289 Å². The van der Waals surface area contributed by atoms with E-state index in [0.717, 1.165) is 32.7 Å². The number of benzene rings is 3. The number of amides is 3. The number of carbonyl (C=O) groups is 3. The minimum absolute atomic E-state index is 0.226. The lowest BCUT2D eigenvalue weighted by Crippen LogP contribution is -2.56. The molecule has 0 aliphatic rings. The summed E-state index contributed by atoms with van der Waals surface area (Å²) in [4.78, 5) is 45.9. The second-order valence-corrected chi connectivity index (χ2v) is 14.2. The van der Waals surface area contributed by atoms with Crippen LogP contribution in [0.4, 0.5) is 0 Å². The first-order valence-electron chi connectivity index (χ1n) is 16.4. The van der Waals surface area contributed by atoms with Crippen LogP contribution in [0.2, 0.25) is 0 Å². The number of rotatable bonds is 15. The van der Waals surface area contributed by atoms with E-state index in [9.17, 15) is 14.4 Å². The first-order chi connectivity index (χ1) is 22.9. The molecule has 1 heterocycles. The SMILES string of the molecule is C/C(=C\C(=O)N(C)[C@H](Cc1ccc(-c2ccccc2)cc1)C(=O)N(C)[C@H](Cc1cccs1)C(=O)NCCc1ccccc1)CC(C)(C)N. The molecule has 48 heavy (non-hydrogen) atoms. The summed E-state index contributed by atoms with van der Waals surface area (Å²) in [6.45, 7) is 6.15. The summed E-state index contributed by atoms with van der Waals surface area (Å²) in [5.41, 5.74) is 10.8. The van der Waals surface area contributed by atoms with Crippen molar-refractivity contribution >= 4 is 29.1 Å². The molecule has 0 saturated carbocycles. The first-order valence-corrected chi connectivity index (χ1v) is 17.3. The van der Waals surface area contributed by atoms with Crippen molar-refractivity contribution < 1.29 is 14.4 Å². The number of carbonyl (C=O) groups excluding carboxylic acids is 3. The molecule has 4 aromatic rings. The zero-order valence-electron chi connectivity index (χ0n) is 28.7. The summed E-state index contributed by atoms with van der Waals surface area (Å²) in [6, 6.07) is 30.4. The number of nitrogens with zero attached hydrogens (tertiary/aromatic N) is 2. The smallest absolute Gasteiger partial charge is 0.246 e. The van der Waals surface area contributed by atoms with Gasteiger partial charge in [-0.15, -0.1) is 11.3 Å². The summed E-state index contributed by atoms with van der Waals surface area (Å²) in [6.07, 6.45) is 3.44. The van der Waals surface area contributed by atoms with Crippen molar-refractivity contribution in [1.82, 2.24) is 15.1 Å². The highest BCUT2D eigenvalue weighted by atomic mass is 32.1. The quantitative estimate of drug-likeness (QED) is 0.146. The Bertz CT molecular complexity index is 1650. The molecule has 3 aromatic carbocycles. The standard InChI is InChI=1S/C40H48N4O3S/c1-29(28-40(2,3)41)25-37(45)43(4)36(26-31-18-20-33(21-19-31)32-15-10-7-11-16-32)39(47)44(5)35(27-34-17-12-24-48-34)38(46)42-23-22-30-13-8-6-9-14-30/h6-21,24-25,35-36H,22-23,26-28,41H2,1-5H3,(H,42,46)/b29-25+/t35-,36-/m1/s1. The molecule has 0 bridgehead atoms. The highest BCUT2D eigenvalue weighted by molar-refractivity contribution is 7.09. The van der Waals surface area contributed by atoms with Gasteiger partial charge in [0.1, 0.15) is 12.1 Å². The average molecular weight is 665 g/mol. The average Bonchev–Trinajstić information content (AvgIpc) is 3.59. The fraction of sp³-hybridized carbons (Fsp3) is 0.325. The molecular formula is C40H48N4O3S. The third-order valence-corrected chi connectivity index (χ3v) is 9.24. The van der Waals surface area contributed by atoms with E-state index in [0.29, 0.717) is 25.8 Å². The molecule has 8 heteroatoms. The van der Waals surface area contributed by atoms with Crippen LogP contribution in [-0.2, 0) is 33.6 Å². The Hall–Kier alpha value is -4.53. The molecule has 0 spiro atoms. The predicted octanol–water partition coefficient (Wildman–Crippen LogP) is 6.29. The monoisotopic (exact) mass is 664 g/mol. The Morgan fingerprint density at radius 2 is 1.42 bits per heavy atom. The van der Waals surface area contributed by atoms with E-state index >= 15 is 0 Å². The summed E-state index contributed by atoms with van der Waals surface area (Å²) >= 11 is 1.55. The summed E-state index contributed by atoms with van der Waals surface area (Å²) in [5.74, 6) is -0.814. The third kappa shape index (κ3) is 10.8. The molecule has 2 atom stereocenters. The van der Waals surface area contributed by atoms with Gasteiger partial charge in [0.05, 0.1) is 0 Å². The van der Waals surface area contributed by atoms with Crippen LogP contribution < -0.4 is 11.1 Å². The van der Waals surface area contributed by atoms with Gasteiger partial charge in [-0.25, -0.2) is 0 Å². The fourth-order valence-electron chi connectivity index (χ4n) is 5.82. The van der Waals surface area contributed by atoms with Crippen molar-refractivity contribution in [2.24, 2.45) is 5.73 Å². The largest absolute Gasteiger partial charge is 0.354 e. The van der Waals surface area contributed by atoms with Crippen molar-refractivity contribution in [2.75, 3.05) is 20.6 Å². The van der Waals surface area contributed by atoms with Crippen LogP contribution in [-0.4, -0.2) is 65.8 Å². The van der Waals surface area contributed by atoms with Crippen molar-refractivity contribution in [1.29, 1.82) is 0 Å². The highest BCUT2D eigenvalue weighted by Gasteiger charge is 2.35. The van der Waals surface area contributed by atoms with Gasteiger partial charge in [-0.05, 0) is 67.3 Å². The number of likely N-dealkylation sites (N-methyl/N-ethyl adjacent to an activating group) is 2. The van der Waals surface area contributed by atoms with E-state index in [4.69, 9.17) is 5.73 Å². The molecule has 3 amide bonds. The van der Waals surface area contributed by atoms with Crippen LogP contribution in [0.3, 0.4) is 0 Å². The predicted molar refractivity (Wildman–Crippen MR) is 197 cm³/mol. The maximum Gasteiger partial charge on any atom is 0.246 e. The lowest BCUT2D eigenvalue weighted by molar-refractivity contribution is -0.146. The summed E-state index contributed by atoms with van der Waals surface area (Å²) in [7, 11) is 3.32. The van der Waals surface area contributed by atoms with Gasteiger partial charge >= 0.3 is 0 Å². The maximum absolute atomic E-state index is 14.5. The Morgan fingerprint density at radius 1 is 0.792 bits per heavy atom. The molecule has 0 aliphatic heterocycles. The van der Waals surface area contributed by atoms with Gasteiger partial charge < -0.3 is 20.9 Å². The molecule has 3 N–H and O–H groups in total. The van der Waals surface area contributed by atoms with E-state index in [1.54, 1.807) is 31.5 Å². The Kier molecular flexibility index (Phi) is 12.9. The van der Waals surface area contributed by atoms with E-state index in [2.05, 4.69) is 17.4 Å². The maximum atomic E-state index is 14.5. The van der Waals surface area contributed by atoms with Crippen LogP contribution in [0.15, 0.2) is 114 Å². The zero-order valence-corrected chi connectivity index (χ0v) is 29.5. The lowest BCUT2D eigenvalue weighted by atomic mass is 9.96. The van der Waals surface area contributed by atoms with Gasteiger partial charge in [-0.3, -0.25) is 14.4 Å². The molecule has 0 saturated heterocycles. The van der Waals surface area contributed by atoms with Crippen molar-refractivity contribution in [3.8, 4) is 11.1 Å². The van der Waals surface area contributed by atoms with E-state index in [-0.39, 0.29) is 24.1 Å². The molecule has 0 aliphatic carbocycles. The minimum atomic E-state index is -0.844. The van der Waals surface area contributed by atoms with E-state index < -0.39 is 17.6 Å². The molecule has 0 radical (unpaired) electrons. The molecule has 4 rings (SSSR count). The number of nitrogens with one attached hydrogen (secondary N) is 1. The topological polar surface area (TPSA) is 95.7 Å². The van der Waals surface area contributed by atoms with Crippen LogP contribution in [0.5, 0.6) is 0 Å². The molecule has 0 unspecified atom stereocenters. The highest BCUT2D eigenvalue weighted by Crippen LogP contribution is 2.22. The molecular weight excluding hydrogens is 617 g/mol. The van der Waals surface area contributed by atoms with Crippen molar-refractivity contribution in [3.05, 3.63) is 130 Å². The first kappa shape index (κ1) is 36.3. The van der Waals surface area contributed by atoms with Gasteiger partial charge in [0.2, 0.25) is 17.7 Å². The van der Waals surface area contributed by atoms with Gasteiger partial charge in [0.25, 0.3) is 0 Å². The molecule has 1 aromatic heterocycles. The number of hydrogen-bond acceptors (Lipinski definition) is 5. The van der Waals surface area contributed by atoms with E-state index in [1.807, 2.05) is 111 Å². The second kappa shape index (κ2) is 17.0. The third-order valence-electron chi connectivity index (χ3n) is 8.34. The van der Waals surface area contributed by atoms with E-state index in [1.165, 1.54) is 9.80 Å². The van der Waals surface area contributed by atoms with Crippen molar-refractivity contribution in [2.45, 2.75) is 64.1 Å². The Balaban J connectivity index is 1.60. The van der Waals surface area contributed by atoms with Crippen molar-refractivity contribution in [3.63, 3.8) is 0 Å².